The van der Waals surface area contributed by atoms with E-state index in [-0.39, 0.29) is 11.9 Å². The molecule has 2 aromatic rings. The minimum atomic E-state index is -0.699. The molecule has 0 saturated carbocycles. The van der Waals surface area contributed by atoms with Crippen molar-refractivity contribution in [3.63, 3.8) is 0 Å². The van der Waals surface area contributed by atoms with Gasteiger partial charge in [0.2, 0.25) is 0 Å². The van der Waals surface area contributed by atoms with Crippen molar-refractivity contribution in [2.45, 2.75) is 39.4 Å². The zero-order chi connectivity index (χ0) is 15.1. The molecular weight excluding hydrogens is 267 g/mol. The molecule has 0 saturated heterocycles. The molecule has 2 atom stereocenters. The number of hydrogen-bond acceptors (Lipinski definition) is 2. The van der Waals surface area contributed by atoms with Gasteiger partial charge in [-0.15, -0.1) is 0 Å². The Bertz CT molecular complexity index is 694. The van der Waals surface area contributed by atoms with Crippen molar-refractivity contribution in [3.05, 3.63) is 64.0 Å². The first-order valence-electron chi connectivity index (χ1n) is 7.17. The van der Waals surface area contributed by atoms with E-state index >= 15 is 0 Å². The van der Waals surface area contributed by atoms with Crippen LogP contribution in [0.4, 0.5) is 4.39 Å². The van der Waals surface area contributed by atoms with E-state index in [0.717, 1.165) is 11.1 Å². The topological polar surface area (TPSA) is 29.5 Å². The van der Waals surface area contributed by atoms with Crippen molar-refractivity contribution >= 4 is 0 Å². The maximum absolute atomic E-state index is 13.3. The van der Waals surface area contributed by atoms with E-state index in [9.17, 15) is 9.50 Å². The number of hydrogen-bond donors (Lipinski definition) is 1. The van der Waals surface area contributed by atoms with Crippen molar-refractivity contribution in [3.8, 4) is 5.75 Å². The van der Waals surface area contributed by atoms with E-state index in [1.165, 1.54) is 23.3 Å². The summed E-state index contributed by atoms with van der Waals surface area (Å²) in [5.41, 5.74) is 5.23. The summed E-state index contributed by atoms with van der Waals surface area (Å²) >= 11 is 0. The van der Waals surface area contributed by atoms with Crippen LogP contribution in [0, 0.1) is 26.6 Å². The van der Waals surface area contributed by atoms with Crippen LogP contribution in [0.3, 0.4) is 0 Å². The van der Waals surface area contributed by atoms with Crippen molar-refractivity contribution in [1.29, 1.82) is 0 Å². The number of fused-ring (bicyclic) bond motifs is 1. The van der Waals surface area contributed by atoms with Crippen LogP contribution in [0.25, 0.3) is 0 Å². The molecule has 0 aromatic heterocycles. The quantitative estimate of drug-likeness (QED) is 0.846. The normalized spacial score (nSPS) is 20.8. The SMILES string of the molecule is Cc1cc(C)c(C2C[C@H](O)c3cc(F)ccc3O2)cc1C. The predicted molar refractivity (Wildman–Crippen MR) is 80.0 cm³/mol. The van der Waals surface area contributed by atoms with Gasteiger partial charge in [-0.25, -0.2) is 4.39 Å². The van der Waals surface area contributed by atoms with E-state index in [1.54, 1.807) is 6.07 Å². The van der Waals surface area contributed by atoms with Crippen LogP contribution in [0.15, 0.2) is 30.3 Å². The minimum Gasteiger partial charge on any atom is -0.485 e. The van der Waals surface area contributed by atoms with Gasteiger partial charge in [0.05, 0.1) is 6.10 Å². The number of benzene rings is 2. The average Bonchev–Trinajstić information content (AvgIpc) is 2.43. The van der Waals surface area contributed by atoms with E-state index < -0.39 is 6.10 Å². The maximum atomic E-state index is 13.3. The fraction of sp³-hybridized carbons (Fsp3) is 0.333. The highest BCUT2D eigenvalue weighted by Gasteiger charge is 2.29. The summed E-state index contributed by atoms with van der Waals surface area (Å²) in [5, 5.41) is 10.3. The Kier molecular flexibility index (Phi) is 3.46. The predicted octanol–water partition coefficient (Wildman–Crippen LogP) is 4.31. The van der Waals surface area contributed by atoms with Crippen LogP contribution in [0.2, 0.25) is 0 Å². The zero-order valence-electron chi connectivity index (χ0n) is 12.5. The van der Waals surface area contributed by atoms with Gasteiger partial charge in [0.25, 0.3) is 0 Å². The van der Waals surface area contributed by atoms with Gasteiger partial charge in [0.15, 0.2) is 0 Å². The van der Waals surface area contributed by atoms with Crippen LogP contribution in [-0.2, 0) is 0 Å². The highest BCUT2D eigenvalue weighted by Crippen LogP contribution is 2.42. The maximum Gasteiger partial charge on any atom is 0.127 e. The van der Waals surface area contributed by atoms with Crippen LogP contribution in [0.5, 0.6) is 5.75 Å². The summed E-state index contributed by atoms with van der Waals surface area (Å²) in [7, 11) is 0. The Labute approximate surface area is 124 Å². The number of halogens is 1. The molecule has 0 spiro atoms. The Hall–Kier alpha value is -1.87. The summed E-state index contributed by atoms with van der Waals surface area (Å²) in [5.74, 6) is 0.218. The van der Waals surface area contributed by atoms with Crippen LogP contribution in [0.1, 0.15) is 46.4 Å². The lowest BCUT2D eigenvalue weighted by Gasteiger charge is -2.31. The molecule has 1 unspecified atom stereocenters. The van der Waals surface area contributed by atoms with E-state index in [1.807, 2.05) is 0 Å². The van der Waals surface area contributed by atoms with Gasteiger partial charge in [0.1, 0.15) is 17.7 Å². The third-order valence-corrected chi connectivity index (χ3v) is 4.27. The van der Waals surface area contributed by atoms with Crippen LogP contribution >= 0.6 is 0 Å². The highest BCUT2D eigenvalue weighted by atomic mass is 19.1. The monoisotopic (exact) mass is 286 g/mol. The van der Waals surface area contributed by atoms with E-state index in [0.29, 0.717) is 17.7 Å². The molecule has 0 aliphatic carbocycles. The average molecular weight is 286 g/mol. The molecule has 0 fully saturated rings. The molecular formula is C18H19FO2. The van der Waals surface area contributed by atoms with Gasteiger partial charge in [0, 0.05) is 12.0 Å². The number of aliphatic hydroxyl groups is 1. The molecule has 2 aromatic carbocycles. The van der Waals surface area contributed by atoms with Gasteiger partial charge < -0.3 is 9.84 Å². The van der Waals surface area contributed by atoms with Crippen molar-refractivity contribution < 1.29 is 14.2 Å². The molecule has 1 aliphatic heterocycles. The summed E-state index contributed by atoms with van der Waals surface area (Å²) in [6.45, 7) is 6.21. The molecule has 0 radical (unpaired) electrons. The molecule has 1 aliphatic rings. The third kappa shape index (κ3) is 2.54. The molecule has 110 valence electrons. The Morgan fingerprint density at radius 3 is 2.48 bits per heavy atom. The van der Waals surface area contributed by atoms with Gasteiger partial charge in [-0.2, -0.15) is 0 Å². The van der Waals surface area contributed by atoms with Crippen molar-refractivity contribution in [1.82, 2.24) is 0 Å². The number of rotatable bonds is 1. The number of aliphatic hydroxyl groups excluding tert-OH is 1. The molecule has 2 nitrogen and oxygen atoms in total. The Morgan fingerprint density at radius 2 is 1.71 bits per heavy atom. The summed E-state index contributed by atoms with van der Waals surface area (Å²) in [4.78, 5) is 0. The third-order valence-electron chi connectivity index (χ3n) is 4.27. The lowest BCUT2D eigenvalue weighted by atomic mass is 9.90. The molecule has 1 N–H and O–H groups in total. The first-order valence-corrected chi connectivity index (χ1v) is 7.17. The Balaban J connectivity index is 1.99. The van der Waals surface area contributed by atoms with Gasteiger partial charge in [-0.3, -0.25) is 0 Å². The lowest BCUT2D eigenvalue weighted by Crippen LogP contribution is -2.20. The molecule has 0 amide bonds. The van der Waals surface area contributed by atoms with Gasteiger partial charge in [-0.1, -0.05) is 12.1 Å². The van der Waals surface area contributed by atoms with Gasteiger partial charge in [-0.05, 0) is 61.2 Å². The summed E-state index contributed by atoms with van der Waals surface area (Å²) < 4.78 is 19.3. The second-order valence-corrected chi connectivity index (χ2v) is 5.83. The zero-order valence-corrected chi connectivity index (χ0v) is 12.5. The standard InChI is InChI=1S/C18H19FO2/c1-10-6-12(3)14(7-11(10)2)18-9-16(20)15-8-13(19)4-5-17(15)21-18/h4-8,16,18,20H,9H2,1-3H3/t16-,18?/m0/s1. The van der Waals surface area contributed by atoms with E-state index in [2.05, 4.69) is 32.9 Å². The lowest BCUT2D eigenvalue weighted by molar-refractivity contribution is 0.0650. The van der Waals surface area contributed by atoms with Crippen molar-refractivity contribution in [2.24, 2.45) is 0 Å². The number of aryl methyl sites for hydroxylation is 3. The summed E-state index contributed by atoms with van der Waals surface area (Å²) in [6, 6.07) is 8.57. The first-order chi connectivity index (χ1) is 9.95. The Morgan fingerprint density at radius 1 is 1.00 bits per heavy atom. The van der Waals surface area contributed by atoms with Crippen LogP contribution < -0.4 is 4.74 Å². The highest BCUT2D eigenvalue weighted by molar-refractivity contribution is 5.42. The largest absolute Gasteiger partial charge is 0.485 e. The van der Waals surface area contributed by atoms with E-state index in [4.69, 9.17) is 4.74 Å². The van der Waals surface area contributed by atoms with Gasteiger partial charge >= 0.3 is 0 Å². The smallest absolute Gasteiger partial charge is 0.127 e. The first kappa shape index (κ1) is 14.1. The fourth-order valence-corrected chi connectivity index (χ4v) is 2.94. The minimum absolute atomic E-state index is 0.197. The molecule has 3 heteroatoms. The fourth-order valence-electron chi connectivity index (χ4n) is 2.94. The number of ether oxygens (including phenoxy) is 1. The van der Waals surface area contributed by atoms with Crippen LogP contribution in [-0.4, -0.2) is 5.11 Å². The molecule has 0 bridgehead atoms. The second kappa shape index (κ2) is 5.15. The molecule has 21 heavy (non-hydrogen) atoms. The van der Waals surface area contributed by atoms with Crippen molar-refractivity contribution in [2.75, 3.05) is 0 Å². The molecule has 3 rings (SSSR count). The second-order valence-electron chi connectivity index (χ2n) is 5.83. The summed E-state index contributed by atoms with van der Waals surface area (Å²) in [6.07, 6.45) is -0.451. The molecule has 1 heterocycles.